The summed E-state index contributed by atoms with van der Waals surface area (Å²) in [6.45, 7) is 1.66. The van der Waals surface area contributed by atoms with Gasteiger partial charge in [-0.3, -0.25) is 9.38 Å². The fraction of sp³-hybridized carbons (Fsp3) is 0.316. The highest BCUT2D eigenvalue weighted by atomic mass is 19.1. The first kappa shape index (κ1) is 16.5. The fourth-order valence-electron chi connectivity index (χ4n) is 3.64. The molecule has 26 heavy (non-hydrogen) atoms. The SMILES string of the molecule is COc1nc(N)nn2ccc(-c3ccc4c(c3)C(CCF)CC(C)=N4)c12. The molecule has 1 aliphatic rings. The third-order valence-corrected chi connectivity index (χ3v) is 4.78. The molecule has 0 bridgehead atoms. The first-order valence-electron chi connectivity index (χ1n) is 8.54. The van der Waals surface area contributed by atoms with Crippen LogP contribution in [0.1, 0.15) is 31.2 Å². The van der Waals surface area contributed by atoms with Gasteiger partial charge in [-0.25, -0.2) is 4.52 Å². The summed E-state index contributed by atoms with van der Waals surface area (Å²) >= 11 is 0. The zero-order valence-electron chi connectivity index (χ0n) is 14.7. The molecule has 0 fully saturated rings. The minimum atomic E-state index is -0.336. The molecular formula is C19H20FN5O. The highest BCUT2D eigenvalue weighted by Crippen LogP contribution is 2.40. The van der Waals surface area contributed by atoms with Crippen LogP contribution in [0.3, 0.4) is 0 Å². The molecule has 1 aliphatic heterocycles. The van der Waals surface area contributed by atoms with Crippen molar-refractivity contribution in [2.75, 3.05) is 19.5 Å². The first-order valence-corrected chi connectivity index (χ1v) is 8.54. The Morgan fingerprint density at radius 1 is 1.35 bits per heavy atom. The van der Waals surface area contributed by atoms with Gasteiger partial charge in [-0.1, -0.05) is 6.07 Å². The van der Waals surface area contributed by atoms with E-state index in [9.17, 15) is 4.39 Å². The van der Waals surface area contributed by atoms with Crippen molar-refractivity contribution in [1.29, 1.82) is 0 Å². The van der Waals surface area contributed by atoms with Crippen LogP contribution >= 0.6 is 0 Å². The van der Waals surface area contributed by atoms with E-state index in [0.717, 1.165) is 40.0 Å². The number of halogens is 1. The van der Waals surface area contributed by atoms with Crippen molar-refractivity contribution in [1.82, 2.24) is 14.6 Å². The van der Waals surface area contributed by atoms with Gasteiger partial charge in [0, 0.05) is 17.5 Å². The van der Waals surface area contributed by atoms with Gasteiger partial charge in [-0.2, -0.15) is 4.98 Å². The molecule has 0 spiro atoms. The lowest BCUT2D eigenvalue weighted by Gasteiger charge is -2.23. The Morgan fingerprint density at radius 2 is 2.19 bits per heavy atom. The van der Waals surface area contributed by atoms with Gasteiger partial charge in [0.1, 0.15) is 5.52 Å². The minimum Gasteiger partial charge on any atom is -0.479 e. The molecule has 0 radical (unpaired) electrons. The number of rotatable bonds is 4. The summed E-state index contributed by atoms with van der Waals surface area (Å²) in [5.74, 6) is 0.717. The van der Waals surface area contributed by atoms with Crippen LogP contribution in [0.5, 0.6) is 5.88 Å². The Kier molecular flexibility index (Phi) is 4.06. The lowest BCUT2D eigenvalue weighted by Crippen LogP contribution is -2.10. The Morgan fingerprint density at radius 3 is 2.96 bits per heavy atom. The van der Waals surface area contributed by atoms with Gasteiger partial charge >= 0.3 is 0 Å². The van der Waals surface area contributed by atoms with E-state index in [0.29, 0.717) is 12.3 Å². The summed E-state index contributed by atoms with van der Waals surface area (Å²) < 4.78 is 20.1. The Hall–Kier alpha value is -2.96. The van der Waals surface area contributed by atoms with Crippen molar-refractivity contribution in [2.45, 2.75) is 25.7 Å². The van der Waals surface area contributed by atoms with Gasteiger partial charge < -0.3 is 10.5 Å². The van der Waals surface area contributed by atoms with Crippen molar-refractivity contribution < 1.29 is 9.13 Å². The number of hydrogen-bond donors (Lipinski definition) is 1. The van der Waals surface area contributed by atoms with E-state index in [4.69, 9.17) is 10.5 Å². The maximum absolute atomic E-state index is 13.0. The predicted octanol–water partition coefficient (Wildman–Crippen LogP) is 3.93. The Labute approximate surface area is 150 Å². The number of benzene rings is 1. The molecule has 4 rings (SSSR count). The molecule has 2 N–H and O–H groups in total. The zero-order valence-corrected chi connectivity index (χ0v) is 14.7. The summed E-state index contributed by atoms with van der Waals surface area (Å²) in [6, 6.07) is 8.05. The lowest BCUT2D eigenvalue weighted by molar-refractivity contribution is 0.400. The van der Waals surface area contributed by atoms with Crippen LogP contribution in [-0.4, -0.2) is 34.1 Å². The molecule has 1 atom stereocenters. The average Bonchev–Trinajstić information content (AvgIpc) is 3.04. The Bertz CT molecular complexity index is 1010. The third-order valence-electron chi connectivity index (χ3n) is 4.78. The first-order chi connectivity index (χ1) is 12.6. The average molecular weight is 353 g/mol. The smallest absolute Gasteiger partial charge is 0.243 e. The van der Waals surface area contributed by atoms with Crippen LogP contribution in [-0.2, 0) is 0 Å². The summed E-state index contributed by atoms with van der Waals surface area (Å²) in [4.78, 5) is 8.80. The second-order valence-corrected chi connectivity index (χ2v) is 6.50. The molecule has 0 saturated heterocycles. The van der Waals surface area contributed by atoms with Crippen molar-refractivity contribution in [2.24, 2.45) is 4.99 Å². The molecule has 0 saturated carbocycles. The van der Waals surface area contributed by atoms with E-state index in [-0.39, 0.29) is 18.5 Å². The van der Waals surface area contributed by atoms with Gasteiger partial charge in [0.2, 0.25) is 11.8 Å². The number of aliphatic imine (C=N–C) groups is 1. The van der Waals surface area contributed by atoms with E-state index in [1.807, 2.05) is 31.3 Å². The lowest BCUT2D eigenvalue weighted by atomic mass is 9.86. The second kappa shape index (κ2) is 6.40. The summed E-state index contributed by atoms with van der Waals surface area (Å²) in [7, 11) is 1.56. The fourth-order valence-corrected chi connectivity index (χ4v) is 3.64. The number of alkyl halides is 1. The van der Waals surface area contributed by atoms with Gasteiger partial charge in [0.25, 0.3) is 0 Å². The molecule has 1 unspecified atom stereocenters. The minimum absolute atomic E-state index is 0.148. The maximum atomic E-state index is 13.0. The summed E-state index contributed by atoms with van der Waals surface area (Å²) in [5.41, 5.74) is 11.5. The molecule has 0 amide bonds. The highest BCUT2D eigenvalue weighted by molar-refractivity contribution is 5.90. The molecule has 3 aromatic rings. The van der Waals surface area contributed by atoms with E-state index < -0.39 is 0 Å². The van der Waals surface area contributed by atoms with Gasteiger partial charge in [0.05, 0.1) is 19.5 Å². The number of fused-ring (bicyclic) bond motifs is 2. The monoisotopic (exact) mass is 353 g/mol. The van der Waals surface area contributed by atoms with Crippen LogP contribution < -0.4 is 10.5 Å². The van der Waals surface area contributed by atoms with E-state index >= 15 is 0 Å². The molecular weight excluding hydrogens is 333 g/mol. The molecule has 0 aliphatic carbocycles. The highest BCUT2D eigenvalue weighted by Gasteiger charge is 2.22. The number of hydrogen-bond acceptors (Lipinski definition) is 5. The van der Waals surface area contributed by atoms with Crippen LogP contribution in [0, 0.1) is 0 Å². The molecule has 134 valence electrons. The number of ether oxygens (including phenoxy) is 1. The number of methoxy groups -OCH3 is 1. The second-order valence-electron chi connectivity index (χ2n) is 6.50. The van der Waals surface area contributed by atoms with Crippen LogP contribution in [0.15, 0.2) is 35.5 Å². The molecule has 1 aromatic carbocycles. The van der Waals surface area contributed by atoms with Crippen molar-refractivity contribution >= 4 is 22.9 Å². The van der Waals surface area contributed by atoms with E-state index in [2.05, 4.69) is 21.1 Å². The number of aromatic nitrogens is 3. The topological polar surface area (TPSA) is 77.8 Å². The van der Waals surface area contributed by atoms with Crippen LogP contribution in [0.2, 0.25) is 0 Å². The summed E-state index contributed by atoms with van der Waals surface area (Å²) in [5, 5.41) is 4.20. The quantitative estimate of drug-likeness (QED) is 0.771. The van der Waals surface area contributed by atoms with E-state index in [1.165, 1.54) is 0 Å². The molecule has 7 heteroatoms. The third kappa shape index (κ3) is 2.69. The van der Waals surface area contributed by atoms with Crippen molar-refractivity contribution in [3.63, 3.8) is 0 Å². The molecule has 3 heterocycles. The normalized spacial score (nSPS) is 16.4. The summed E-state index contributed by atoms with van der Waals surface area (Å²) in [6.07, 6.45) is 3.12. The molecule has 6 nitrogen and oxygen atoms in total. The standard InChI is InChI=1S/C19H20FN5O/c1-11-9-13(5-7-20)15-10-12(3-4-16(15)22-11)14-6-8-25-17(14)18(26-2)23-19(21)24-25/h3-4,6,8,10,13H,5,7,9H2,1-2H3,(H2,21,24). The Balaban J connectivity index is 1.88. The number of nitrogen functional groups attached to an aromatic ring is 1. The zero-order chi connectivity index (χ0) is 18.3. The van der Waals surface area contributed by atoms with Crippen LogP contribution in [0.25, 0.3) is 16.6 Å². The largest absolute Gasteiger partial charge is 0.479 e. The van der Waals surface area contributed by atoms with E-state index in [1.54, 1.807) is 11.6 Å². The van der Waals surface area contributed by atoms with Crippen LogP contribution in [0.4, 0.5) is 16.0 Å². The maximum Gasteiger partial charge on any atom is 0.243 e. The van der Waals surface area contributed by atoms with Crippen molar-refractivity contribution in [3.05, 3.63) is 36.0 Å². The van der Waals surface area contributed by atoms with Gasteiger partial charge in [-0.05, 0) is 55.0 Å². The number of anilines is 1. The predicted molar refractivity (Wildman–Crippen MR) is 100 cm³/mol. The number of nitrogens with two attached hydrogens (primary N) is 1. The molecule has 2 aromatic heterocycles. The van der Waals surface area contributed by atoms with Gasteiger partial charge in [-0.15, -0.1) is 5.10 Å². The van der Waals surface area contributed by atoms with Gasteiger partial charge in [0.15, 0.2) is 0 Å². The number of nitrogens with zero attached hydrogens (tertiary/aromatic N) is 4. The van der Waals surface area contributed by atoms with Crippen molar-refractivity contribution in [3.8, 4) is 17.0 Å².